The van der Waals surface area contributed by atoms with Crippen molar-refractivity contribution in [1.29, 1.82) is 0 Å². The Hall–Kier alpha value is 0. The van der Waals surface area contributed by atoms with Crippen LogP contribution in [-0.4, -0.2) is 0 Å². The minimum atomic E-state index is 1.10. The zero-order chi connectivity index (χ0) is 8.55. The van der Waals surface area contributed by atoms with Gasteiger partial charge in [0.05, 0.1) is 0 Å². The molecule has 2 aliphatic rings. The highest BCUT2D eigenvalue weighted by molar-refractivity contribution is 4.90. The number of fused-ring (bicyclic) bond motifs is 1. The van der Waals surface area contributed by atoms with E-state index in [0.29, 0.717) is 0 Å². The monoisotopic (exact) mass is 166 g/mol. The Bertz CT molecular complexity index is 120. The van der Waals surface area contributed by atoms with Crippen molar-refractivity contribution >= 4 is 0 Å². The van der Waals surface area contributed by atoms with Gasteiger partial charge in [-0.2, -0.15) is 0 Å². The first-order valence-corrected chi connectivity index (χ1v) is 5.83. The van der Waals surface area contributed by atoms with Crippen LogP contribution >= 0.6 is 0 Å². The first kappa shape index (κ1) is 8.59. The van der Waals surface area contributed by atoms with Crippen LogP contribution in [0.3, 0.4) is 0 Å². The predicted molar refractivity (Wildman–Crippen MR) is 53.0 cm³/mol. The second kappa shape index (κ2) is 3.40. The summed E-state index contributed by atoms with van der Waals surface area (Å²) in [6, 6.07) is 0. The predicted octanol–water partition coefficient (Wildman–Crippen LogP) is 3.86. The maximum atomic E-state index is 2.36. The minimum Gasteiger partial charge on any atom is -0.0651 e. The topological polar surface area (TPSA) is 0 Å². The van der Waals surface area contributed by atoms with Crippen molar-refractivity contribution in [2.24, 2.45) is 23.7 Å². The molecule has 0 aromatic heterocycles. The van der Waals surface area contributed by atoms with E-state index >= 15 is 0 Å². The van der Waals surface area contributed by atoms with Gasteiger partial charge in [-0.3, -0.25) is 0 Å². The summed E-state index contributed by atoms with van der Waals surface area (Å²) in [4.78, 5) is 0. The molecule has 0 heteroatoms. The zero-order valence-electron chi connectivity index (χ0n) is 8.55. The molecular formula is C12H22. The van der Waals surface area contributed by atoms with Crippen molar-refractivity contribution in [1.82, 2.24) is 0 Å². The van der Waals surface area contributed by atoms with Gasteiger partial charge in [0, 0.05) is 0 Å². The Balaban J connectivity index is 1.89. The highest BCUT2D eigenvalue weighted by Gasteiger charge is 2.39. The lowest BCUT2D eigenvalue weighted by molar-refractivity contribution is 0.414. The Morgan fingerprint density at radius 1 is 0.750 bits per heavy atom. The lowest BCUT2D eigenvalue weighted by Gasteiger charge is -2.10. The fraction of sp³-hybridized carbons (Fsp3) is 1.00. The van der Waals surface area contributed by atoms with Crippen LogP contribution in [-0.2, 0) is 0 Å². The molecule has 70 valence electrons. The molecule has 12 heavy (non-hydrogen) atoms. The molecule has 2 rings (SSSR count). The van der Waals surface area contributed by atoms with E-state index in [1.54, 1.807) is 25.7 Å². The summed E-state index contributed by atoms with van der Waals surface area (Å²) in [7, 11) is 0. The van der Waals surface area contributed by atoms with Gasteiger partial charge in [-0.25, -0.2) is 0 Å². The second-order valence-electron chi connectivity index (χ2n) is 5.01. The number of hydrogen-bond donors (Lipinski definition) is 0. The summed E-state index contributed by atoms with van der Waals surface area (Å²) in [6.07, 6.45) is 9.14. The van der Waals surface area contributed by atoms with E-state index in [4.69, 9.17) is 0 Å². The van der Waals surface area contributed by atoms with Gasteiger partial charge >= 0.3 is 0 Å². The summed E-state index contributed by atoms with van der Waals surface area (Å²) >= 11 is 0. The summed E-state index contributed by atoms with van der Waals surface area (Å²) in [6.45, 7) is 4.73. The fourth-order valence-electron chi connectivity index (χ4n) is 3.53. The van der Waals surface area contributed by atoms with E-state index in [1.807, 2.05) is 0 Å². The molecule has 0 amide bonds. The summed E-state index contributed by atoms with van der Waals surface area (Å²) in [5.41, 5.74) is 0. The average Bonchev–Trinajstić information content (AvgIpc) is 2.59. The molecule has 0 spiro atoms. The Morgan fingerprint density at radius 2 is 1.08 bits per heavy atom. The molecule has 0 aromatic rings. The van der Waals surface area contributed by atoms with Crippen molar-refractivity contribution in [2.75, 3.05) is 0 Å². The molecular weight excluding hydrogens is 144 g/mol. The third kappa shape index (κ3) is 1.41. The molecule has 0 atom stereocenters. The molecule has 0 unspecified atom stereocenters. The van der Waals surface area contributed by atoms with Crippen LogP contribution in [0.1, 0.15) is 52.4 Å². The van der Waals surface area contributed by atoms with E-state index in [-0.39, 0.29) is 0 Å². The smallest absolute Gasteiger partial charge is 0.0380 e. The molecule has 0 aliphatic heterocycles. The quantitative estimate of drug-likeness (QED) is 0.584. The standard InChI is InChI=1S/C12H22/c1-3-9-5-11-7-10(4-2)8-12(11)6-9/h9-12H,3-8H2,1-2H3. The Labute approximate surface area is 76.7 Å². The Kier molecular flexibility index (Phi) is 2.43. The third-order valence-electron chi connectivity index (χ3n) is 4.37. The number of rotatable bonds is 2. The number of hydrogen-bond acceptors (Lipinski definition) is 0. The molecule has 0 radical (unpaired) electrons. The molecule has 0 heterocycles. The van der Waals surface area contributed by atoms with E-state index in [0.717, 1.165) is 23.7 Å². The molecule has 0 bridgehead atoms. The van der Waals surface area contributed by atoms with Crippen LogP contribution in [0.2, 0.25) is 0 Å². The molecule has 0 aromatic carbocycles. The molecule has 0 nitrogen and oxygen atoms in total. The van der Waals surface area contributed by atoms with Crippen LogP contribution in [0.5, 0.6) is 0 Å². The van der Waals surface area contributed by atoms with Gasteiger partial charge in [0.15, 0.2) is 0 Å². The van der Waals surface area contributed by atoms with Gasteiger partial charge in [-0.15, -0.1) is 0 Å². The zero-order valence-corrected chi connectivity index (χ0v) is 8.55. The first-order valence-electron chi connectivity index (χ1n) is 5.83. The normalized spacial score (nSPS) is 46.5. The second-order valence-corrected chi connectivity index (χ2v) is 5.01. The molecule has 0 N–H and O–H groups in total. The third-order valence-corrected chi connectivity index (χ3v) is 4.37. The van der Waals surface area contributed by atoms with Crippen LogP contribution in [0.25, 0.3) is 0 Å². The van der Waals surface area contributed by atoms with Crippen molar-refractivity contribution in [3.63, 3.8) is 0 Å². The van der Waals surface area contributed by atoms with Crippen molar-refractivity contribution in [3.05, 3.63) is 0 Å². The molecule has 2 aliphatic carbocycles. The largest absolute Gasteiger partial charge is 0.0651 e. The maximum absolute atomic E-state index is 2.36. The summed E-state index contributed by atoms with van der Waals surface area (Å²) < 4.78 is 0. The van der Waals surface area contributed by atoms with E-state index < -0.39 is 0 Å². The highest BCUT2D eigenvalue weighted by atomic mass is 14.4. The molecule has 2 saturated carbocycles. The van der Waals surface area contributed by atoms with Crippen LogP contribution in [0.4, 0.5) is 0 Å². The van der Waals surface area contributed by atoms with Gasteiger partial charge in [0.2, 0.25) is 0 Å². The van der Waals surface area contributed by atoms with Crippen LogP contribution in [0, 0.1) is 23.7 Å². The van der Waals surface area contributed by atoms with Gasteiger partial charge in [-0.05, 0) is 49.4 Å². The van der Waals surface area contributed by atoms with Crippen molar-refractivity contribution in [3.8, 4) is 0 Å². The summed E-state index contributed by atoms with van der Waals surface area (Å²) in [5, 5.41) is 0. The van der Waals surface area contributed by atoms with Gasteiger partial charge in [0.25, 0.3) is 0 Å². The fourth-order valence-corrected chi connectivity index (χ4v) is 3.53. The first-order chi connectivity index (χ1) is 5.83. The highest BCUT2D eigenvalue weighted by Crippen LogP contribution is 2.50. The van der Waals surface area contributed by atoms with E-state index in [2.05, 4.69) is 13.8 Å². The van der Waals surface area contributed by atoms with Crippen molar-refractivity contribution in [2.45, 2.75) is 52.4 Å². The average molecular weight is 166 g/mol. The SMILES string of the molecule is CCC1CC2CC(CC)CC2C1. The maximum Gasteiger partial charge on any atom is -0.0380 e. The minimum absolute atomic E-state index is 1.10. The molecule has 2 fully saturated rings. The van der Waals surface area contributed by atoms with Crippen LogP contribution < -0.4 is 0 Å². The van der Waals surface area contributed by atoms with Gasteiger partial charge in [-0.1, -0.05) is 26.7 Å². The lowest BCUT2D eigenvalue weighted by atomic mass is 9.95. The van der Waals surface area contributed by atoms with Crippen molar-refractivity contribution < 1.29 is 0 Å². The van der Waals surface area contributed by atoms with Crippen LogP contribution in [0.15, 0.2) is 0 Å². The lowest BCUT2D eigenvalue weighted by Crippen LogP contribution is -1.98. The summed E-state index contributed by atoms with van der Waals surface area (Å²) in [5.74, 6) is 4.47. The van der Waals surface area contributed by atoms with Gasteiger partial charge in [0.1, 0.15) is 0 Å². The van der Waals surface area contributed by atoms with Gasteiger partial charge < -0.3 is 0 Å². The van der Waals surface area contributed by atoms with E-state index in [1.165, 1.54) is 12.8 Å². The van der Waals surface area contributed by atoms with E-state index in [9.17, 15) is 0 Å². The molecule has 0 saturated heterocycles. The Morgan fingerprint density at radius 3 is 1.33 bits per heavy atom.